The molecule has 0 N–H and O–H groups in total. The number of nitrogens with zero attached hydrogens (tertiary/aromatic N) is 7. The number of rotatable bonds is 20. The molecule has 0 radical (unpaired) electrons. The van der Waals surface area contributed by atoms with Gasteiger partial charge in [-0.25, -0.2) is 4.98 Å². The van der Waals surface area contributed by atoms with Crippen molar-refractivity contribution in [3.63, 3.8) is 0 Å². The fourth-order valence-corrected chi connectivity index (χ4v) is 12.0. The molecule has 0 amide bonds. The van der Waals surface area contributed by atoms with Gasteiger partial charge in [-0.05, 0) is 84.8 Å². The van der Waals surface area contributed by atoms with Crippen LogP contribution in [0.3, 0.4) is 0 Å². The van der Waals surface area contributed by atoms with Crippen molar-refractivity contribution >= 4 is 64.3 Å². The van der Waals surface area contributed by atoms with Crippen LogP contribution in [-0.4, -0.2) is 69.6 Å². The first kappa shape index (κ1) is 59.9. The van der Waals surface area contributed by atoms with E-state index in [2.05, 4.69) is 57.3 Å². The first-order valence-electron chi connectivity index (χ1n) is 25.2. The number of carbonyl (C=O) groups excluding carboxylic acids is 2. The molecular formula is C56H52F3N7O8RuS4. The molecule has 0 unspecified atom stereocenters. The number of carbonyl (C=O) groups is 2. The monoisotopic (exact) mass is 1240 g/mol. The molecular weight excluding hydrogens is 1180 g/mol. The molecule has 15 nitrogen and oxygen atoms in total. The quantitative estimate of drug-likeness (QED) is 0.0230. The third kappa shape index (κ3) is 15.6. The maximum Gasteiger partial charge on any atom is 2.00 e. The van der Waals surface area contributed by atoms with Crippen LogP contribution in [0, 0.1) is 0 Å². The Morgan fingerprint density at radius 2 is 1.25 bits per heavy atom. The van der Waals surface area contributed by atoms with Gasteiger partial charge in [-0.2, -0.15) is 18.3 Å². The van der Waals surface area contributed by atoms with Crippen molar-refractivity contribution in [1.82, 2.24) is 30.1 Å². The fourth-order valence-electron chi connectivity index (χ4n) is 8.49. The normalized spacial score (nSPS) is 12.3. The molecule has 2 aliphatic rings. The van der Waals surface area contributed by atoms with Gasteiger partial charge in [0.2, 0.25) is 0 Å². The van der Waals surface area contributed by atoms with E-state index in [1.165, 1.54) is 71.6 Å². The zero-order valence-corrected chi connectivity index (χ0v) is 47.9. The van der Waals surface area contributed by atoms with Gasteiger partial charge in [-0.15, -0.1) is 34.0 Å². The Morgan fingerprint density at radius 1 is 0.671 bits per heavy atom. The largest absolute Gasteiger partial charge is 2.00 e. The second-order valence-corrected chi connectivity index (χ2v) is 20.8. The van der Waals surface area contributed by atoms with Gasteiger partial charge in [0.1, 0.15) is 30.4 Å². The maximum atomic E-state index is 12.9. The number of hydrogen-bond donors (Lipinski definition) is 0. The van der Waals surface area contributed by atoms with Crippen molar-refractivity contribution < 1.29 is 70.7 Å². The van der Waals surface area contributed by atoms with Crippen molar-refractivity contribution in [2.45, 2.75) is 90.7 Å². The first-order chi connectivity index (χ1) is 38.0. The third-order valence-corrected chi connectivity index (χ3v) is 15.7. The van der Waals surface area contributed by atoms with E-state index in [1.807, 2.05) is 29.6 Å². The molecule has 8 aromatic heterocycles. The number of halogens is 3. The summed E-state index contributed by atoms with van der Waals surface area (Å²) < 4.78 is 73.1. The zero-order valence-electron chi connectivity index (χ0n) is 42.9. The van der Waals surface area contributed by atoms with Gasteiger partial charge in [0.15, 0.2) is 23.0 Å². The Kier molecular flexibility index (Phi) is 22.4. The second kappa shape index (κ2) is 29.5. The van der Waals surface area contributed by atoms with Crippen LogP contribution in [0.25, 0.3) is 70.2 Å². The van der Waals surface area contributed by atoms with Gasteiger partial charge < -0.3 is 44.0 Å². The maximum absolute atomic E-state index is 12.9. The summed E-state index contributed by atoms with van der Waals surface area (Å²) >= 11 is 8.59. The van der Waals surface area contributed by atoms with Crippen LogP contribution >= 0.6 is 46.2 Å². The van der Waals surface area contributed by atoms with Crippen LogP contribution in [0.2, 0.25) is 0 Å². The smallest absolute Gasteiger partial charge is 0.753 e. The van der Waals surface area contributed by atoms with E-state index in [-0.39, 0.29) is 30.9 Å². The minimum atomic E-state index is -4.51. The number of aromatic nitrogens is 6. The summed E-state index contributed by atoms with van der Waals surface area (Å²) in [5, 5.41) is 17.4. The molecule has 0 aromatic carbocycles. The predicted molar refractivity (Wildman–Crippen MR) is 298 cm³/mol. The van der Waals surface area contributed by atoms with Gasteiger partial charge in [0, 0.05) is 58.3 Å². The van der Waals surface area contributed by atoms with Gasteiger partial charge in [-0.3, -0.25) is 24.5 Å². The molecule has 23 heteroatoms. The number of unbranched alkanes of at least 4 members (excludes halogenated alkanes) is 6. The van der Waals surface area contributed by atoms with Gasteiger partial charge >= 0.3 is 25.7 Å². The van der Waals surface area contributed by atoms with E-state index >= 15 is 0 Å². The SMILES string of the molecule is CCCCCCc1cc(CCCCCC)c(-c2ccnc(-c3cc(C(F)(F)F)n[n-]3)c2)s1.O=COc1ccnc(-c2cc(OC=O)cc(-c3cc(-c4sc(-c5scc6c5OCCO6)c5c4OCCCO5)ccn3)n2)c1.[N-]=C=S.[Ru+2]. The van der Waals surface area contributed by atoms with E-state index in [0.29, 0.717) is 85.1 Å². The summed E-state index contributed by atoms with van der Waals surface area (Å²) in [6.07, 6.45) is 12.9. The number of ether oxygens (including phenoxy) is 6. The number of pyridine rings is 4. The van der Waals surface area contributed by atoms with E-state index in [9.17, 15) is 22.8 Å². The summed E-state index contributed by atoms with van der Waals surface area (Å²) in [5.41, 5.74) is 4.53. The van der Waals surface area contributed by atoms with Crippen LogP contribution in [0.1, 0.15) is 87.8 Å². The summed E-state index contributed by atoms with van der Waals surface area (Å²) in [7, 11) is 0. The van der Waals surface area contributed by atoms with E-state index in [4.69, 9.17) is 38.8 Å². The number of hydrogen-bond acceptors (Lipinski definition) is 17. The van der Waals surface area contributed by atoms with Crippen LogP contribution in [0.5, 0.6) is 34.5 Å². The molecule has 0 aliphatic carbocycles. The van der Waals surface area contributed by atoms with Crippen LogP contribution in [0.4, 0.5) is 13.2 Å². The topological polar surface area (TPSA) is 190 Å². The Morgan fingerprint density at radius 3 is 1.92 bits per heavy atom. The number of isothiocyanates is 1. The molecule has 0 atom stereocenters. The van der Waals surface area contributed by atoms with Crippen LogP contribution < -0.4 is 33.5 Å². The molecule has 0 fully saturated rings. The van der Waals surface area contributed by atoms with Gasteiger partial charge in [0.25, 0.3) is 12.9 Å². The van der Waals surface area contributed by atoms with E-state index in [1.54, 1.807) is 70.7 Å². The average molecular weight is 1240 g/mol. The standard InChI is InChI=1S/C30H21N3O8S2.C25H31F3N3S.CNS.Ru/c34-15-40-18-3-5-32-21(11-18)23-13-19(41-16-35)12-22(33-23)20-10-17(2-4-31-20)28-26-27(38-7-1-6-37-26)30(43-28)29-25-24(14-42-29)36-8-9-39-25;1-3-5-7-9-11-18-15-20(12-10-8-6-4-2)32-24(18)19-13-14-29-21(16-19)22-17-23(31-30-22)25(26,27)28;2-1-3;/h2-5,10-16H,1,6-9H2;13-17H,3-12H2,1-2H3;;/q;2*-1;+2. The second-order valence-electron chi connectivity index (χ2n) is 17.6. The Balaban J connectivity index is 0.000000224. The van der Waals surface area contributed by atoms with Crippen molar-refractivity contribution in [3.8, 4) is 99.3 Å². The Labute approximate surface area is 484 Å². The van der Waals surface area contributed by atoms with E-state index in [0.717, 1.165) is 69.0 Å². The fraction of sp³-hybridized carbons (Fsp3) is 0.321. The summed E-state index contributed by atoms with van der Waals surface area (Å²) in [6, 6.07) is 17.2. The molecule has 0 spiro atoms. The predicted octanol–water partition coefficient (Wildman–Crippen LogP) is 14.4. The van der Waals surface area contributed by atoms with E-state index < -0.39 is 11.9 Å². The van der Waals surface area contributed by atoms with Gasteiger partial charge in [0.05, 0.1) is 56.3 Å². The number of aryl methyl sites for hydroxylation is 2. The minimum absolute atomic E-state index is 0. The molecule has 412 valence electrons. The summed E-state index contributed by atoms with van der Waals surface area (Å²) in [6.45, 7) is 7.14. The molecule has 8 aromatic rings. The molecule has 0 saturated heterocycles. The van der Waals surface area contributed by atoms with Gasteiger partial charge in [-0.1, -0.05) is 70.3 Å². The molecule has 0 bridgehead atoms. The van der Waals surface area contributed by atoms with Crippen molar-refractivity contribution in [2.24, 2.45) is 0 Å². The molecule has 2 aliphatic heterocycles. The number of fused-ring (bicyclic) bond motifs is 2. The van der Waals surface area contributed by atoms with Crippen LogP contribution in [-0.2, 0) is 48.1 Å². The zero-order chi connectivity index (χ0) is 54.9. The molecule has 0 saturated carbocycles. The summed E-state index contributed by atoms with van der Waals surface area (Å²) in [4.78, 5) is 45.3. The number of thiocarbonyl (C=S) groups is 1. The Bertz CT molecular complexity index is 3340. The van der Waals surface area contributed by atoms with Crippen molar-refractivity contribution in [2.75, 3.05) is 26.4 Å². The number of thiophene rings is 3. The molecule has 10 heterocycles. The minimum Gasteiger partial charge on any atom is -0.753 e. The first-order valence-corrected chi connectivity index (χ1v) is 28.1. The van der Waals surface area contributed by atoms with Crippen LogP contribution in [0.15, 0.2) is 84.6 Å². The average Bonchev–Trinajstić information content (AvgIpc) is 4.33. The van der Waals surface area contributed by atoms with Crippen molar-refractivity contribution in [1.29, 1.82) is 0 Å². The molecule has 10 rings (SSSR count). The number of alkyl halides is 3. The third-order valence-electron chi connectivity index (χ3n) is 12.1. The molecule has 79 heavy (non-hydrogen) atoms. The van der Waals surface area contributed by atoms with Crippen molar-refractivity contribution in [3.05, 3.63) is 106 Å². The summed E-state index contributed by atoms with van der Waals surface area (Å²) in [5.74, 6) is 3.34. The Hall–Kier alpha value is -6.74.